The van der Waals surface area contributed by atoms with Crippen molar-refractivity contribution in [1.82, 2.24) is 14.5 Å². The summed E-state index contributed by atoms with van der Waals surface area (Å²) in [5.41, 5.74) is 3.88. The number of carboxylic acids is 1. The van der Waals surface area contributed by atoms with E-state index in [9.17, 15) is 4.79 Å². The van der Waals surface area contributed by atoms with E-state index in [0.29, 0.717) is 11.7 Å². The van der Waals surface area contributed by atoms with Gasteiger partial charge in [0.05, 0.1) is 6.54 Å². The van der Waals surface area contributed by atoms with Gasteiger partial charge in [0.15, 0.2) is 10.8 Å². The van der Waals surface area contributed by atoms with E-state index in [-0.39, 0.29) is 0 Å². The van der Waals surface area contributed by atoms with Gasteiger partial charge >= 0.3 is 5.97 Å². The van der Waals surface area contributed by atoms with Gasteiger partial charge in [0.25, 0.3) is 0 Å². The maximum atomic E-state index is 11.2. The number of fused-ring (bicyclic) bond motifs is 1. The lowest BCUT2D eigenvalue weighted by Gasteiger charge is -2.10. The highest BCUT2D eigenvalue weighted by Crippen LogP contribution is 2.27. The smallest absolute Gasteiger partial charge is 0.316 e. The molecule has 1 unspecified atom stereocenters. The van der Waals surface area contributed by atoms with E-state index in [1.54, 1.807) is 13.1 Å². The molecule has 23 heavy (non-hydrogen) atoms. The number of imidazole rings is 1. The van der Waals surface area contributed by atoms with Crippen LogP contribution in [0.2, 0.25) is 0 Å². The first-order chi connectivity index (χ1) is 11.0. The van der Waals surface area contributed by atoms with Crippen molar-refractivity contribution in [2.75, 3.05) is 0 Å². The number of aliphatic carboxylic acids is 1. The molecule has 6 heteroatoms. The van der Waals surface area contributed by atoms with Crippen molar-refractivity contribution >= 4 is 28.9 Å². The number of rotatable bonds is 5. The predicted molar refractivity (Wildman–Crippen MR) is 90.8 cm³/mol. The van der Waals surface area contributed by atoms with E-state index >= 15 is 0 Å². The van der Waals surface area contributed by atoms with Crippen LogP contribution in [0.4, 0.5) is 0 Å². The largest absolute Gasteiger partial charge is 0.480 e. The molecular formula is C17H17N3O2S. The molecule has 1 N–H and O–H groups in total. The second kappa shape index (κ2) is 6.42. The number of carboxylic acid groups (broad SMARTS) is 1. The highest BCUT2D eigenvalue weighted by Gasteiger charge is 2.19. The van der Waals surface area contributed by atoms with Crippen molar-refractivity contribution in [3.05, 3.63) is 53.7 Å². The molecular weight excluding hydrogens is 310 g/mol. The third-order valence-corrected chi connectivity index (χ3v) is 4.64. The van der Waals surface area contributed by atoms with E-state index in [4.69, 9.17) is 5.11 Å². The Bertz CT molecular complexity index is 843. The Morgan fingerprint density at radius 3 is 2.74 bits per heavy atom. The van der Waals surface area contributed by atoms with Gasteiger partial charge in [-0.05, 0) is 31.5 Å². The van der Waals surface area contributed by atoms with Crippen molar-refractivity contribution in [3.8, 4) is 0 Å². The zero-order valence-electron chi connectivity index (χ0n) is 12.9. The van der Waals surface area contributed by atoms with Crippen LogP contribution in [0.3, 0.4) is 0 Å². The van der Waals surface area contributed by atoms with Crippen LogP contribution < -0.4 is 0 Å². The SMILES string of the molecule is Cc1ccc(Cn2c(SC(C)C(=O)O)nc3cccnc32)cc1. The lowest BCUT2D eigenvalue weighted by Crippen LogP contribution is -2.13. The number of benzene rings is 1. The van der Waals surface area contributed by atoms with Crippen molar-refractivity contribution in [3.63, 3.8) is 0 Å². The quantitative estimate of drug-likeness (QED) is 0.728. The fraction of sp³-hybridized carbons (Fsp3) is 0.235. The molecule has 1 aromatic carbocycles. The standard InChI is InChI=1S/C17H17N3O2S/c1-11-5-7-13(8-6-11)10-20-15-14(4-3-9-18-15)19-17(20)23-12(2)16(21)22/h3-9,12H,10H2,1-2H3,(H,21,22). The number of hydrogen-bond acceptors (Lipinski definition) is 4. The van der Waals surface area contributed by atoms with Crippen molar-refractivity contribution < 1.29 is 9.90 Å². The third kappa shape index (κ3) is 3.37. The molecule has 5 nitrogen and oxygen atoms in total. The minimum atomic E-state index is -0.850. The molecule has 0 aliphatic carbocycles. The predicted octanol–water partition coefficient (Wildman–Crippen LogP) is 3.35. The summed E-state index contributed by atoms with van der Waals surface area (Å²) in [7, 11) is 0. The Morgan fingerprint density at radius 2 is 2.04 bits per heavy atom. The number of aromatic nitrogens is 3. The summed E-state index contributed by atoms with van der Waals surface area (Å²) >= 11 is 1.24. The molecule has 3 aromatic rings. The average molecular weight is 327 g/mol. The molecule has 1 atom stereocenters. The minimum absolute atomic E-state index is 0.566. The molecule has 118 valence electrons. The fourth-order valence-corrected chi connectivity index (χ4v) is 3.10. The Hall–Kier alpha value is -2.34. The molecule has 0 saturated heterocycles. The average Bonchev–Trinajstić information content (AvgIpc) is 2.87. The number of nitrogens with zero attached hydrogens (tertiary/aromatic N) is 3. The first-order valence-electron chi connectivity index (χ1n) is 7.31. The zero-order chi connectivity index (χ0) is 16.4. The van der Waals surface area contributed by atoms with Gasteiger partial charge in [-0.3, -0.25) is 9.36 Å². The maximum Gasteiger partial charge on any atom is 0.316 e. The van der Waals surface area contributed by atoms with Crippen molar-refractivity contribution in [2.24, 2.45) is 0 Å². The highest BCUT2D eigenvalue weighted by atomic mass is 32.2. The summed E-state index contributed by atoms with van der Waals surface area (Å²) < 4.78 is 1.98. The van der Waals surface area contributed by atoms with Crippen LogP contribution in [0.25, 0.3) is 11.2 Å². The number of aryl methyl sites for hydroxylation is 1. The van der Waals surface area contributed by atoms with E-state index in [1.807, 2.05) is 23.6 Å². The Morgan fingerprint density at radius 1 is 1.30 bits per heavy atom. The lowest BCUT2D eigenvalue weighted by atomic mass is 10.1. The molecule has 0 radical (unpaired) electrons. The van der Waals surface area contributed by atoms with Gasteiger partial charge in [0.1, 0.15) is 10.8 Å². The van der Waals surface area contributed by atoms with E-state index < -0.39 is 11.2 Å². The second-order valence-electron chi connectivity index (χ2n) is 5.41. The summed E-state index contributed by atoms with van der Waals surface area (Å²) in [5, 5.41) is 9.26. The number of thioether (sulfide) groups is 1. The number of pyridine rings is 1. The first-order valence-corrected chi connectivity index (χ1v) is 8.19. The van der Waals surface area contributed by atoms with Crippen LogP contribution in [0.5, 0.6) is 0 Å². The second-order valence-corrected chi connectivity index (χ2v) is 6.72. The number of carbonyl (C=O) groups is 1. The molecule has 0 aliphatic rings. The number of hydrogen-bond donors (Lipinski definition) is 1. The van der Waals surface area contributed by atoms with Crippen LogP contribution >= 0.6 is 11.8 Å². The first kappa shape index (κ1) is 15.6. The van der Waals surface area contributed by atoms with Gasteiger partial charge in [0, 0.05) is 6.20 Å². The molecule has 0 spiro atoms. The summed E-state index contributed by atoms with van der Waals surface area (Å²) in [5.74, 6) is -0.850. The van der Waals surface area contributed by atoms with Gasteiger partial charge in [0.2, 0.25) is 0 Å². The highest BCUT2D eigenvalue weighted by molar-refractivity contribution is 8.00. The van der Waals surface area contributed by atoms with Crippen LogP contribution in [0, 0.1) is 6.92 Å². The monoisotopic (exact) mass is 327 g/mol. The lowest BCUT2D eigenvalue weighted by molar-refractivity contribution is -0.136. The molecule has 0 aliphatic heterocycles. The molecule has 2 heterocycles. The molecule has 0 fully saturated rings. The minimum Gasteiger partial charge on any atom is -0.480 e. The normalized spacial score (nSPS) is 12.4. The van der Waals surface area contributed by atoms with E-state index in [2.05, 4.69) is 34.2 Å². The van der Waals surface area contributed by atoms with Gasteiger partial charge in [-0.2, -0.15) is 0 Å². The van der Waals surface area contributed by atoms with Gasteiger partial charge in [-0.15, -0.1) is 0 Å². The van der Waals surface area contributed by atoms with Gasteiger partial charge in [-0.1, -0.05) is 41.6 Å². The van der Waals surface area contributed by atoms with Crippen LogP contribution in [0.15, 0.2) is 47.8 Å². The van der Waals surface area contributed by atoms with Gasteiger partial charge in [-0.25, -0.2) is 9.97 Å². The summed E-state index contributed by atoms with van der Waals surface area (Å²) in [6.45, 7) is 4.33. The summed E-state index contributed by atoms with van der Waals surface area (Å²) in [6, 6.07) is 12.0. The third-order valence-electron chi connectivity index (χ3n) is 3.56. The van der Waals surface area contributed by atoms with Crippen LogP contribution in [0.1, 0.15) is 18.1 Å². The zero-order valence-corrected chi connectivity index (χ0v) is 13.7. The van der Waals surface area contributed by atoms with Crippen LogP contribution in [-0.4, -0.2) is 30.9 Å². The molecule has 0 saturated carbocycles. The van der Waals surface area contributed by atoms with E-state index in [0.717, 1.165) is 16.7 Å². The topological polar surface area (TPSA) is 68.0 Å². The molecule has 0 bridgehead atoms. The molecule has 2 aromatic heterocycles. The van der Waals surface area contributed by atoms with Crippen molar-refractivity contribution in [2.45, 2.75) is 30.8 Å². The Labute approximate surface area is 138 Å². The summed E-state index contributed by atoms with van der Waals surface area (Å²) in [4.78, 5) is 20.1. The maximum absolute atomic E-state index is 11.2. The Balaban J connectivity index is 2.01. The Kier molecular flexibility index (Phi) is 4.34. The fourth-order valence-electron chi connectivity index (χ4n) is 2.25. The van der Waals surface area contributed by atoms with Crippen molar-refractivity contribution in [1.29, 1.82) is 0 Å². The van der Waals surface area contributed by atoms with Crippen LogP contribution in [-0.2, 0) is 11.3 Å². The van der Waals surface area contributed by atoms with E-state index in [1.165, 1.54) is 17.3 Å². The summed E-state index contributed by atoms with van der Waals surface area (Å²) in [6.07, 6.45) is 1.73. The van der Waals surface area contributed by atoms with Gasteiger partial charge < -0.3 is 5.11 Å². The molecule has 0 amide bonds. The molecule has 3 rings (SSSR count).